The van der Waals surface area contributed by atoms with Gasteiger partial charge in [0, 0.05) is 12.1 Å². The predicted octanol–water partition coefficient (Wildman–Crippen LogP) is 3.55. The molecule has 0 aliphatic carbocycles. The van der Waals surface area contributed by atoms with E-state index in [1.54, 1.807) is 30.3 Å². The van der Waals surface area contributed by atoms with Gasteiger partial charge >= 0.3 is 6.18 Å². The summed E-state index contributed by atoms with van der Waals surface area (Å²) in [5, 5.41) is 6.35. The molecule has 0 saturated carbocycles. The summed E-state index contributed by atoms with van der Waals surface area (Å²) in [4.78, 5) is 16.5. The van der Waals surface area contributed by atoms with Crippen molar-refractivity contribution in [1.29, 1.82) is 0 Å². The number of nitrogens with one attached hydrogen (secondary N) is 1. The molecular weight excluding hydrogens is 333 g/mol. The number of benzene rings is 1. The summed E-state index contributed by atoms with van der Waals surface area (Å²) in [7, 11) is 0. The van der Waals surface area contributed by atoms with Crippen molar-refractivity contribution in [3.8, 4) is 11.3 Å². The zero-order chi connectivity index (χ0) is 18.0. The minimum atomic E-state index is -4.63. The largest absolute Gasteiger partial charge is 0.433 e. The molecule has 3 aromatic rings. The molecule has 0 radical (unpaired) electrons. The third-order valence-electron chi connectivity index (χ3n) is 3.61. The molecule has 2 heterocycles. The molecule has 1 N–H and O–H groups in total. The lowest BCUT2D eigenvalue weighted by molar-refractivity contribution is -0.142. The molecule has 0 bridgehead atoms. The van der Waals surface area contributed by atoms with Crippen molar-refractivity contribution in [3.05, 3.63) is 53.9 Å². The van der Waals surface area contributed by atoms with Crippen molar-refractivity contribution in [2.24, 2.45) is 0 Å². The second-order valence-electron chi connectivity index (χ2n) is 5.44. The zero-order valence-corrected chi connectivity index (χ0v) is 13.3. The highest BCUT2D eigenvalue weighted by molar-refractivity contribution is 5.99. The standard InChI is InChI=1S/C17H15F3N4O/c1-2-8-21-16(25)12-10-22-24-14(17(18,19)20)9-13(23-15(12)24)11-6-4-3-5-7-11/h3-7,9-10H,2,8H2,1H3,(H,21,25). The van der Waals surface area contributed by atoms with Gasteiger partial charge in [-0.1, -0.05) is 37.3 Å². The van der Waals surface area contributed by atoms with Crippen molar-refractivity contribution in [1.82, 2.24) is 19.9 Å². The molecule has 3 rings (SSSR count). The first-order valence-electron chi connectivity index (χ1n) is 7.71. The number of hydrogen-bond acceptors (Lipinski definition) is 3. The maximum Gasteiger partial charge on any atom is 0.433 e. The van der Waals surface area contributed by atoms with E-state index in [4.69, 9.17) is 0 Å². The van der Waals surface area contributed by atoms with Crippen LogP contribution in [0.15, 0.2) is 42.6 Å². The summed E-state index contributed by atoms with van der Waals surface area (Å²) in [5.74, 6) is -0.498. The molecule has 0 unspecified atom stereocenters. The van der Waals surface area contributed by atoms with Gasteiger partial charge in [-0.15, -0.1) is 0 Å². The van der Waals surface area contributed by atoms with E-state index >= 15 is 0 Å². The molecule has 0 saturated heterocycles. The molecule has 130 valence electrons. The molecule has 8 heteroatoms. The maximum atomic E-state index is 13.4. The van der Waals surface area contributed by atoms with E-state index in [0.29, 0.717) is 23.0 Å². The molecule has 0 aliphatic rings. The lowest BCUT2D eigenvalue weighted by Crippen LogP contribution is -2.24. The van der Waals surface area contributed by atoms with Crippen LogP contribution in [0.5, 0.6) is 0 Å². The average molecular weight is 348 g/mol. The van der Waals surface area contributed by atoms with Gasteiger partial charge in [-0.25, -0.2) is 9.50 Å². The molecule has 0 fully saturated rings. The molecule has 5 nitrogen and oxygen atoms in total. The number of hydrogen-bond donors (Lipinski definition) is 1. The second kappa shape index (κ2) is 6.54. The Labute approximate surface area is 141 Å². The normalized spacial score (nSPS) is 11.7. The van der Waals surface area contributed by atoms with Crippen LogP contribution in [-0.2, 0) is 6.18 Å². The number of rotatable bonds is 4. The van der Waals surface area contributed by atoms with Gasteiger partial charge in [-0.2, -0.15) is 18.3 Å². The predicted molar refractivity (Wildman–Crippen MR) is 86.0 cm³/mol. The Morgan fingerprint density at radius 3 is 2.60 bits per heavy atom. The fourth-order valence-corrected chi connectivity index (χ4v) is 2.42. The summed E-state index contributed by atoms with van der Waals surface area (Å²) in [6.07, 6.45) is -2.81. The number of fused-ring (bicyclic) bond motifs is 1. The summed E-state index contributed by atoms with van der Waals surface area (Å²) in [5.41, 5.74) is -0.438. The smallest absolute Gasteiger partial charge is 0.352 e. The Morgan fingerprint density at radius 1 is 1.24 bits per heavy atom. The Bertz CT molecular complexity index is 903. The lowest BCUT2D eigenvalue weighted by Gasteiger charge is -2.11. The first kappa shape index (κ1) is 16.9. The highest BCUT2D eigenvalue weighted by atomic mass is 19.4. The number of alkyl halides is 3. The fraction of sp³-hybridized carbons (Fsp3) is 0.235. The van der Waals surface area contributed by atoms with Crippen LogP contribution < -0.4 is 5.32 Å². The van der Waals surface area contributed by atoms with Crippen LogP contribution in [0.25, 0.3) is 16.9 Å². The van der Waals surface area contributed by atoms with E-state index < -0.39 is 17.8 Å². The van der Waals surface area contributed by atoms with Crippen LogP contribution in [-0.4, -0.2) is 27.0 Å². The summed E-state index contributed by atoms with van der Waals surface area (Å²) in [6.45, 7) is 2.30. The van der Waals surface area contributed by atoms with E-state index in [2.05, 4.69) is 15.4 Å². The molecule has 2 aromatic heterocycles. The maximum absolute atomic E-state index is 13.4. The molecule has 0 aliphatic heterocycles. The van der Waals surface area contributed by atoms with Gasteiger partial charge in [0.1, 0.15) is 5.56 Å². The third-order valence-corrected chi connectivity index (χ3v) is 3.61. The van der Waals surface area contributed by atoms with E-state index in [-0.39, 0.29) is 16.9 Å². The van der Waals surface area contributed by atoms with Crippen LogP contribution in [0.2, 0.25) is 0 Å². The average Bonchev–Trinajstić information content (AvgIpc) is 3.02. The van der Waals surface area contributed by atoms with E-state index in [1.807, 2.05) is 6.92 Å². The van der Waals surface area contributed by atoms with Gasteiger partial charge in [0.2, 0.25) is 0 Å². The van der Waals surface area contributed by atoms with Gasteiger partial charge in [-0.3, -0.25) is 4.79 Å². The minimum absolute atomic E-state index is 0.0109. The van der Waals surface area contributed by atoms with Crippen molar-refractivity contribution < 1.29 is 18.0 Å². The van der Waals surface area contributed by atoms with Crippen molar-refractivity contribution in [2.75, 3.05) is 6.54 Å². The van der Waals surface area contributed by atoms with Crippen molar-refractivity contribution >= 4 is 11.6 Å². The van der Waals surface area contributed by atoms with Crippen molar-refractivity contribution in [2.45, 2.75) is 19.5 Å². The topological polar surface area (TPSA) is 59.3 Å². The van der Waals surface area contributed by atoms with E-state index in [1.165, 1.54) is 0 Å². The third kappa shape index (κ3) is 3.33. The number of nitrogens with zero attached hydrogens (tertiary/aromatic N) is 3. The lowest BCUT2D eigenvalue weighted by atomic mass is 10.1. The first-order chi connectivity index (χ1) is 11.9. The number of carbonyl (C=O) groups is 1. The number of halogens is 3. The number of amides is 1. The first-order valence-corrected chi connectivity index (χ1v) is 7.71. The van der Waals surface area contributed by atoms with Crippen LogP contribution in [0.4, 0.5) is 13.2 Å². The minimum Gasteiger partial charge on any atom is -0.352 e. The van der Waals surface area contributed by atoms with Crippen LogP contribution in [0.1, 0.15) is 29.4 Å². The second-order valence-corrected chi connectivity index (χ2v) is 5.44. The summed E-state index contributed by atoms with van der Waals surface area (Å²) >= 11 is 0. The van der Waals surface area contributed by atoms with E-state index in [9.17, 15) is 18.0 Å². The van der Waals surface area contributed by atoms with E-state index in [0.717, 1.165) is 12.3 Å². The number of aromatic nitrogens is 3. The Balaban J connectivity index is 2.21. The Morgan fingerprint density at radius 2 is 1.96 bits per heavy atom. The van der Waals surface area contributed by atoms with Gasteiger partial charge in [0.05, 0.1) is 11.9 Å². The Hall–Kier alpha value is -2.90. The molecule has 25 heavy (non-hydrogen) atoms. The molecule has 1 aromatic carbocycles. The monoisotopic (exact) mass is 348 g/mol. The molecule has 0 spiro atoms. The molecule has 1 amide bonds. The van der Waals surface area contributed by atoms with Gasteiger partial charge in [0.15, 0.2) is 11.3 Å². The molecule has 0 atom stereocenters. The quantitative estimate of drug-likeness (QED) is 0.784. The van der Waals surface area contributed by atoms with Gasteiger partial charge in [-0.05, 0) is 12.5 Å². The summed E-state index contributed by atoms with van der Waals surface area (Å²) < 4.78 is 41.0. The summed E-state index contributed by atoms with van der Waals surface area (Å²) in [6, 6.07) is 9.43. The number of carbonyl (C=O) groups excluding carboxylic acids is 1. The van der Waals surface area contributed by atoms with Crippen molar-refractivity contribution in [3.63, 3.8) is 0 Å². The molecular formula is C17H15F3N4O. The zero-order valence-electron chi connectivity index (χ0n) is 13.3. The van der Waals surface area contributed by atoms with Crippen LogP contribution >= 0.6 is 0 Å². The van der Waals surface area contributed by atoms with Gasteiger partial charge < -0.3 is 5.32 Å². The fourth-order valence-electron chi connectivity index (χ4n) is 2.42. The highest BCUT2D eigenvalue weighted by Gasteiger charge is 2.36. The highest BCUT2D eigenvalue weighted by Crippen LogP contribution is 2.32. The SMILES string of the molecule is CCCNC(=O)c1cnn2c(C(F)(F)F)cc(-c3ccccc3)nc12. The van der Waals surface area contributed by atoms with Crippen LogP contribution in [0.3, 0.4) is 0 Å². The van der Waals surface area contributed by atoms with Crippen LogP contribution in [0, 0.1) is 0 Å². The van der Waals surface area contributed by atoms with Gasteiger partial charge in [0.25, 0.3) is 5.91 Å². The Kier molecular flexibility index (Phi) is 4.43.